The molecule has 8 aromatic carbocycles. The highest BCUT2D eigenvalue weighted by molar-refractivity contribution is 6.34. The second kappa shape index (κ2) is 9.72. The monoisotopic (exact) mass is 534 g/mol. The lowest BCUT2D eigenvalue weighted by Gasteiger charge is -2.20. The summed E-state index contributed by atoms with van der Waals surface area (Å²) in [5.41, 5.74) is 5.08. The minimum Gasteiger partial charge on any atom is -0.0871 e. The predicted molar refractivity (Wildman–Crippen MR) is 185 cm³/mol. The SMILES string of the molecule is CC=CC(=CC)c1c2ccccc2c(-c2ccccc2)c2cc3c(cc12)c1ccccc1c1ccc2ccccc2c13. The summed E-state index contributed by atoms with van der Waals surface area (Å²) in [6.07, 6.45) is 6.65. The normalized spacial score (nSPS) is 12.6. The van der Waals surface area contributed by atoms with Gasteiger partial charge < -0.3 is 0 Å². The van der Waals surface area contributed by atoms with Gasteiger partial charge in [-0.15, -0.1) is 0 Å². The number of allylic oxidation sites excluding steroid dienone is 4. The van der Waals surface area contributed by atoms with Gasteiger partial charge in [0.25, 0.3) is 0 Å². The van der Waals surface area contributed by atoms with Gasteiger partial charge in [-0.05, 0) is 113 Å². The molecule has 0 aliphatic rings. The first kappa shape index (κ1) is 24.6. The van der Waals surface area contributed by atoms with Crippen molar-refractivity contribution in [2.24, 2.45) is 0 Å². The number of hydrogen-bond acceptors (Lipinski definition) is 0. The Morgan fingerprint density at radius 2 is 1.07 bits per heavy atom. The van der Waals surface area contributed by atoms with Gasteiger partial charge in [-0.2, -0.15) is 0 Å². The Hall–Kier alpha value is -5.20. The van der Waals surface area contributed by atoms with Crippen molar-refractivity contribution in [3.8, 4) is 11.1 Å². The fraction of sp³-hybridized carbons (Fsp3) is 0.0476. The molecule has 0 aromatic heterocycles. The minimum absolute atomic E-state index is 1.24. The molecule has 0 heterocycles. The van der Waals surface area contributed by atoms with Crippen LogP contribution in [0.1, 0.15) is 19.4 Å². The summed E-state index contributed by atoms with van der Waals surface area (Å²) < 4.78 is 0. The zero-order valence-electron chi connectivity index (χ0n) is 23.9. The summed E-state index contributed by atoms with van der Waals surface area (Å²) in [4.78, 5) is 0. The molecule has 0 aliphatic heterocycles. The third-order valence-corrected chi connectivity index (χ3v) is 8.88. The van der Waals surface area contributed by atoms with Crippen molar-refractivity contribution in [1.82, 2.24) is 0 Å². The van der Waals surface area contributed by atoms with Crippen LogP contribution in [-0.2, 0) is 0 Å². The molecule has 0 unspecified atom stereocenters. The summed E-state index contributed by atoms with van der Waals surface area (Å²) in [6, 6.07) is 47.1. The van der Waals surface area contributed by atoms with E-state index in [2.05, 4.69) is 159 Å². The van der Waals surface area contributed by atoms with Crippen LogP contribution in [0.5, 0.6) is 0 Å². The predicted octanol–water partition coefficient (Wildman–Crippen LogP) is 12.3. The van der Waals surface area contributed by atoms with Gasteiger partial charge in [0.15, 0.2) is 0 Å². The molecule has 8 rings (SSSR count). The molecule has 0 N–H and O–H groups in total. The van der Waals surface area contributed by atoms with Gasteiger partial charge in [0.1, 0.15) is 0 Å². The van der Waals surface area contributed by atoms with Gasteiger partial charge in [-0.3, -0.25) is 0 Å². The molecule has 0 bridgehead atoms. The van der Waals surface area contributed by atoms with Gasteiger partial charge in [0, 0.05) is 0 Å². The van der Waals surface area contributed by atoms with Crippen LogP contribution in [0.15, 0.2) is 146 Å². The first-order valence-electron chi connectivity index (χ1n) is 14.8. The third-order valence-electron chi connectivity index (χ3n) is 8.88. The number of benzene rings is 8. The van der Waals surface area contributed by atoms with E-state index in [9.17, 15) is 0 Å². The molecule has 42 heavy (non-hydrogen) atoms. The van der Waals surface area contributed by atoms with Gasteiger partial charge in [0.2, 0.25) is 0 Å². The molecule has 8 aromatic rings. The summed E-state index contributed by atoms with van der Waals surface area (Å²) in [6.45, 7) is 4.25. The van der Waals surface area contributed by atoms with Crippen LogP contribution in [0.4, 0.5) is 0 Å². The molecule has 0 spiro atoms. The van der Waals surface area contributed by atoms with Gasteiger partial charge in [-0.25, -0.2) is 0 Å². The van der Waals surface area contributed by atoms with Crippen LogP contribution in [0.2, 0.25) is 0 Å². The highest BCUT2D eigenvalue weighted by atomic mass is 14.2. The van der Waals surface area contributed by atoms with Crippen LogP contribution in [0, 0.1) is 0 Å². The van der Waals surface area contributed by atoms with Crippen LogP contribution in [0.3, 0.4) is 0 Å². The average Bonchev–Trinajstić information content (AvgIpc) is 3.05. The number of hydrogen-bond donors (Lipinski definition) is 0. The highest BCUT2D eigenvalue weighted by Gasteiger charge is 2.20. The fourth-order valence-electron chi connectivity index (χ4n) is 7.12. The molecule has 0 radical (unpaired) electrons. The summed E-state index contributed by atoms with van der Waals surface area (Å²) >= 11 is 0. The van der Waals surface area contributed by atoms with Crippen molar-refractivity contribution in [1.29, 1.82) is 0 Å². The van der Waals surface area contributed by atoms with Crippen molar-refractivity contribution in [3.63, 3.8) is 0 Å². The standard InChI is InChI=1S/C42H30/c1-3-14-27(4-2)40-33-21-12-13-22-34(33)41(29-16-6-5-7-17-29)39-26-37-36(25-38(39)40)32-20-11-10-19-31(32)35-24-23-28-15-8-9-18-30(28)42(35)37/h3-26H,1-2H3. The molecule has 198 valence electrons. The molecule has 0 amide bonds. The zero-order chi connectivity index (χ0) is 28.2. The van der Waals surface area contributed by atoms with Crippen LogP contribution < -0.4 is 0 Å². The molecular formula is C42H30. The lowest BCUT2D eigenvalue weighted by molar-refractivity contribution is 1.64. The molecule has 0 saturated carbocycles. The Morgan fingerprint density at radius 1 is 0.452 bits per heavy atom. The maximum absolute atomic E-state index is 2.49. The molecule has 0 saturated heterocycles. The average molecular weight is 535 g/mol. The number of fused-ring (bicyclic) bond motifs is 10. The second-order valence-corrected chi connectivity index (χ2v) is 11.1. The summed E-state index contributed by atoms with van der Waals surface area (Å²) in [5.74, 6) is 0. The van der Waals surface area contributed by atoms with Crippen molar-refractivity contribution >= 4 is 70.2 Å². The highest BCUT2D eigenvalue weighted by Crippen LogP contribution is 2.46. The van der Waals surface area contributed by atoms with E-state index in [1.54, 1.807) is 0 Å². The molecule has 0 aliphatic carbocycles. The third kappa shape index (κ3) is 3.55. The quantitative estimate of drug-likeness (QED) is 0.120. The van der Waals surface area contributed by atoms with Crippen molar-refractivity contribution in [2.45, 2.75) is 13.8 Å². The minimum atomic E-state index is 1.24. The van der Waals surface area contributed by atoms with Crippen molar-refractivity contribution in [2.75, 3.05) is 0 Å². The van der Waals surface area contributed by atoms with E-state index in [0.717, 1.165) is 0 Å². The Kier molecular flexibility index (Phi) is 5.69. The summed E-state index contributed by atoms with van der Waals surface area (Å²) in [5, 5.41) is 15.6. The topological polar surface area (TPSA) is 0 Å². The van der Waals surface area contributed by atoms with E-state index in [0.29, 0.717) is 0 Å². The molecule has 0 heteroatoms. The van der Waals surface area contributed by atoms with Crippen LogP contribution in [-0.4, -0.2) is 0 Å². The maximum Gasteiger partial charge on any atom is -0.00201 e. The van der Waals surface area contributed by atoms with Gasteiger partial charge in [-0.1, -0.05) is 133 Å². The molecule has 0 atom stereocenters. The fourth-order valence-corrected chi connectivity index (χ4v) is 7.12. The zero-order valence-corrected chi connectivity index (χ0v) is 23.9. The van der Waals surface area contributed by atoms with Crippen LogP contribution >= 0.6 is 0 Å². The van der Waals surface area contributed by atoms with E-state index in [-0.39, 0.29) is 0 Å². The van der Waals surface area contributed by atoms with Crippen molar-refractivity contribution in [3.05, 3.63) is 151 Å². The Balaban J connectivity index is 1.71. The second-order valence-electron chi connectivity index (χ2n) is 11.1. The van der Waals surface area contributed by atoms with Crippen LogP contribution in [0.25, 0.3) is 81.3 Å². The van der Waals surface area contributed by atoms with Gasteiger partial charge >= 0.3 is 0 Å². The Labute approximate surface area is 245 Å². The van der Waals surface area contributed by atoms with E-state index >= 15 is 0 Å². The van der Waals surface area contributed by atoms with E-state index in [1.807, 2.05) is 0 Å². The van der Waals surface area contributed by atoms with Gasteiger partial charge in [0.05, 0.1) is 0 Å². The smallest absolute Gasteiger partial charge is 0.00201 e. The lowest BCUT2D eigenvalue weighted by Crippen LogP contribution is -1.94. The lowest BCUT2D eigenvalue weighted by atomic mass is 9.83. The largest absolute Gasteiger partial charge is 0.0871 e. The Bertz CT molecular complexity index is 2400. The number of rotatable bonds is 3. The molecule has 0 nitrogen and oxygen atoms in total. The van der Waals surface area contributed by atoms with E-state index in [4.69, 9.17) is 0 Å². The molecule has 0 fully saturated rings. The van der Waals surface area contributed by atoms with E-state index < -0.39 is 0 Å². The first-order valence-corrected chi connectivity index (χ1v) is 14.8. The first-order chi connectivity index (χ1) is 20.8. The Morgan fingerprint density at radius 3 is 1.81 bits per heavy atom. The van der Waals surface area contributed by atoms with E-state index in [1.165, 1.54) is 86.9 Å². The van der Waals surface area contributed by atoms with Crippen molar-refractivity contribution < 1.29 is 0 Å². The summed E-state index contributed by atoms with van der Waals surface area (Å²) in [7, 11) is 0. The maximum atomic E-state index is 2.49. The molecular weight excluding hydrogens is 504 g/mol.